The maximum Gasteiger partial charge on any atom is 0.343 e. The molecule has 1 saturated heterocycles. The van der Waals surface area contributed by atoms with Gasteiger partial charge in [0, 0.05) is 18.0 Å². The van der Waals surface area contributed by atoms with Crippen LogP contribution in [-0.4, -0.2) is 94.7 Å². The Hall–Kier alpha value is -2.99. The smallest absolute Gasteiger partial charge is 0.343 e. The van der Waals surface area contributed by atoms with Gasteiger partial charge >= 0.3 is 11.9 Å². The van der Waals surface area contributed by atoms with Gasteiger partial charge in [0.2, 0.25) is 0 Å². The first-order valence-corrected chi connectivity index (χ1v) is 12.2. The van der Waals surface area contributed by atoms with Crippen molar-refractivity contribution in [3.63, 3.8) is 0 Å². The van der Waals surface area contributed by atoms with Gasteiger partial charge in [-0.3, -0.25) is 4.79 Å². The van der Waals surface area contributed by atoms with E-state index in [2.05, 4.69) is 4.90 Å². The molecule has 0 radical (unpaired) electrons. The van der Waals surface area contributed by atoms with Gasteiger partial charge in [0.15, 0.2) is 41.7 Å². The van der Waals surface area contributed by atoms with E-state index in [1.807, 2.05) is 19.2 Å². The number of hydrogen-bond donors (Lipinski definition) is 3. The van der Waals surface area contributed by atoms with Crippen LogP contribution in [0.25, 0.3) is 0 Å². The monoisotopic (exact) mass is 517 g/mol. The number of piperidine rings is 1. The van der Waals surface area contributed by atoms with E-state index >= 15 is 0 Å². The van der Waals surface area contributed by atoms with E-state index in [-0.39, 0.29) is 18.2 Å². The molecule has 4 aliphatic rings. The highest BCUT2D eigenvalue weighted by molar-refractivity contribution is 5.88. The maximum absolute atomic E-state index is 12.8. The number of hydrogen-bond acceptors (Lipinski definition) is 11. The van der Waals surface area contributed by atoms with E-state index in [9.17, 15) is 29.7 Å². The third-order valence-electron chi connectivity index (χ3n) is 8.42. The number of likely N-dealkylation sites (N-methyl/N-ethyl adjacent to an activating group) is 1. The number of aliphatic hydroxyl groups is 3. The number of nitrogens with zero attached hydrogens (tertiary/aromatic N) is 1. The van der Waals surface area contributed by atoms with Crippen molar-refractivity contribution in [3.05, 3.63) is 35.1 Å². The molecule has 1 fully saturated rings. The minimum absolute atomic E-state index is 0.0702. The number of likely N-dealkylation sites (tertiary alicyclic amines) is 1. The van der Waals surface area contributed by atoms with E-state index in [1.54, 1.807) is 6.08 Å². The predicted octanol–water partition coefficient (Wildman–Crippen LogP) is -0.241. The summed E-state index contributed by atoms with van der Waals surface area (Å²) in [7, 11) is 3.49. The first-order chi connectivity index (χ1) is 17.5. The quantitative estimate of drug-likeness (QED) is 0.411. The van der Waals surface area contributed by atoms with Gasteiger partial charge in [0.05, 0.1) is 18.1 Å². The number of aliphatic hydroxyl groups excluding tert-OH is 2. The second-order valence-corrected chi connectivity index (χ2v) is 10.3. The normalized spacial score (nSPS) is 31.7. The van der Waals surface area contributed by atoms with Crippen LogP contribution >= 0.6 is 0 Å². The number of benzene rings is 1. The molecule has 1 aromatic rings. The van der Waals surface area contributed by atoms with Crippen molar-refractivity contribution < 1.29 is 48.7 Å². The molecule has 2 bridgehead atoms. The highest BCUT2D eigenvalue weighted by atomic mass is 16.6. The lowest BCUT2D eigenvalue weighted by Crippen LogP contribution is -2.74. The summed E-state index contributed by atoms with van der Waals surface area (Å²) in [5.41, 5.74) is -0.279. The summed E-state index contributed by atoms with van der Waals surface area (Å²) in [5.74, 6) is -2.04. The lowest BCUT2D eigenvalue weighted by molar-refractivity contribution is -0.180. The Bertz CT molecular complexity index is 1200. The van der Waals surface area contributed by atoms with Crippen molar-refractivity contribution in [3.8, 4) is 11.5 Å². The largest absolute Gasteiger partial charge is 0.493 e. The highest BCUT2D eigenvalue weighted by Crippen LogP contribution is 2.65. The number of carbonyl (C=O) groups is 3. The molecule has 0 unspecified atom stereocenters. The average molecular weight is 518 g/mol. The SMILES string of the molecule is COc1ccc2c3c1O[C@H]1C(OC(=O)[C@H](O)[C@@H](O)C(=O)O[C@@H](C)C(C)=O)=CC[C@@]4(O)[C@@H](C2)N(C)CC[C@]314. The molecule has 5 rings (SSSR count). The Labute approximate surface area is 213 Å². The molecule has 0 aromatic heterocycles. The van der Waals surface area contributed by atoms with Crippen molar-refractivity contribution in [2.24, 2.45) is 0 Å². The van der Waals surface area contributed by atoms with Gasteiger partial charge in [-0.05, 0) is 58.0 Å². The number of esters is 2. The molecule has 200 valence electrons. The maximum atomic E-state index is 12.8. The molecular weight excluding hydrogens is 486 g/mol. The summed E-state index contributed by atoms with van der Waals surface area (Å²) in [5, 5.41) is 32.7. The number of ether oxygens (including phenoxy) is 4. The van der Waals surface area contributed by atoms with Crippen LogP contribution in [0.1, 0.15) is 37.8 Å². The molecule has 2 aliphatic carbocycles. The molecule has 7 atom stereocenters. The van der Waals surface area contributed by atoms with E-state index in [0.29, 0.717) is 30.9 Å². The number of Topliss-reactive ketones (excluding diaryl/α,β-unsaturated/α-hetero) is 1. The molecule has 2 heterocycles. The molecule has 2 aliphatic heterocycles. The lowest BCUT2D eigenvalue weighted by atomic mass is 9.50. The standard InChI is InChI=1S/C26H31NO10/c1-12(28)13(2)35-23(31)19(29)20(30)24(32)36-16-7-8-26(33)17-11-14-5-6-15(34-4)21-18(14)25(26,22(16)37-21)9-10-27(17)3/h5-7,13,17,19-20,22,29-30,33H,8-11H2,1-4H3/t13-,17+,19+,20+,22-,25-,26+/m0/s1. The van der Waals surface area contributed by atoms with Crippen LogP contribution in [0.4, 0.5) is 0 Å². The van der Waals surface area contributed by atoms with Crippen molar-refractivity contribution in [2.75, 3.05) is 20.7 Å². The molecule has 37 heavy (non-hydrogen) atoms. The Kier molecular flexibility index (Phi) is 6.10. The summed E-state index contributed by atoms with van der Waals surface area (Å²) in [6.45, 7) is 3.18. The fourth-order valence-electron chi connectivity index (χ4n) is 6.35. The van der Waals surface area contributed by atoms with Crippen LogP contribution in [0.3, 0.4) is 0 Å². The molecule has 0 saturated carbocycles. The Morgan fingerprint density at radius 3 is 2.57 bits per heavy atom. The zero-order valence-corrected chi connectivity index (χ0v) is 21.1. The Morgan fingerprint density at radius 2 is 1.89 bits per heavy atom. The Morgan fingerprint density at radius 1 is 1.19 bits per heavy atom. The Balaban J connectivity index is 1.46. The second kappa shape index (κ2) is 8.80. The molecule has 0 amide bonds. The highest BCUT2D eigenvalue weighted by Gasteiger charge is 2.72. The van der Waals surface area contributed by atoms with E-state index in [1.165, 1.54) is 21.0 Å². The zero-order chi connectivity index (χ0) is 26.9. The lowest BCUT2D eigenvalue weighted by Gasteiger charge is -2.61. The first kappa shape index (κ1) is 25.7. The predicted molar refractivity (Wildman–Crippen MR) is 126 cm³/mol. The number of ketones is 1. The van der Waals surface area contributed by atoms with Crippen LogP contribution < -0.4 is 9.47 Å². The fraction of sp³-hybridized carbons (Fsp3) is 0.577. The van der Waals surface area contributed by atoms with Gasteiger partial charge in [-0.2, -0.15) is 0 Å². The van der Waals surface area contributed by atoms with Crippen LogP contribution in [0.5, 0.6) is 11.5 Å². The second-order valence-electron chi connectivity index (χ2n) is 10.3. The third kappa shape index (κ3) is 3.52. The summed E-state index contributed by atoms with van der Waals surface area (Å²) < 4.78 is 22.2. The topological polar surface area (TPSA) is 152 Å². The molecule has 11 nitrogen and oxygen atoms in total. The van der Waals surface area contributed by atoms with Gasteiger partial charge < -0.3 is 39.2 Å². The van der Waals surface area contributed by atoms with E-state index in [0.717, 1.165) is 11.1 Å². The fourth-order valence-corrected chi connectivity index (χ4v) is 6.35. The van der Waals surface area contributed by atoms with Crippen LogP contribution in [0.2, 0.25) is 0 Å². The van der Waals surface area contributed by atoms with Gasteiger partial charge in [0.1, 0.15) is 5.76 Å². The van der Waals surface area contributed by atoms with Crippen LogP contribution in [0, 0.1) is 0 Å². The summed E-state index contributed by atoms with van der Waals surface area (Å²) in [6, 6.07) is 3.58. The summed E-state index contributed by atoms with van der Waals surface area (Å²) in [6.07, 6.45) is -3.72. The number of carbonyl (C=O) groups excluding carboxylic acids is 3. The van der Waals surface area contributed by atoms with Crippen molar-refractivity contribution in [1.29, 1.82) is 0 Å². The summed E-state index contributed by atoms with van der Waals surface area (Å²) in [4.78, 5) is 38.4. The first-order valence-electron chi connectivity index (χ1n) is 12.2. The summed E-state index contributed by atoms with van der Waals surface area (Å²) >= 11 is 0. The van der Waals surface area contributed by atoms with Crippen LogP contribution in [0.15, 0.2) is 24.0 Å². The third-order valence-corrected chi connectivity index (χ3v) is 8.42. The molecule has 3 N–H and O–H groups in total. The zero-order valence-electron chi connectivity index (χ0n) is 21.1. The van der Waals surface area contributed by atoms with Gasteiger partial charge in [-0.25, -0.2) is 9.59 Å². The number of methoxy groups -OCH3 is 1. The van der Waals surface area contributed by atoms with Crippen molar-refractivity contribution in [1.82, 2.24) is 4.90 Å². The molecular formula is C26H31NO10. The minimum atomic E-state index is -2.27. The van der Waals surface area contributed by atoms with E-state index < -0.39 is 53.2 Å². The molecule has 1 spiro atoms. The number of rotatable bonds is 7. The van der Waals surface area contributed by atoms with Gasteiger partial charge in [0.25, 0.3) is 0 Å². The minimum Gasteiger partial charge on any atom is -0.493 e. The average Bonchev–Trinajstić information content (AvgIpc) is 3.22. The van der Waals surface area contributed by atoms with Gasteiger partial charge in [-0.1, -0.05) is 6.07 Å². The molecule has 1 aromatic carbocycles. The van der Waals surface area contributed by atoms with Crippen molar-refractivity contribution in [2.45, 2.75) is 74.6 Å². The van der Waals surface area contributed by atoms with Crippen molar-refractivity contribution >= 4 is 17.7 Å². The van der Waals surface area contributed by atoms with Crippen LogP contribution in [-0.2, 0) is 35.7 Å². The van der Waals surface area contributed by atoms with E-state index in [4.69, 9.17) is 18.9 Å². The van der Waals surface area contributed by atoms with Gasteiger partial charge in [-0.15, -0.1) is 0 Å². The molecule has 11 heteroatoms.